The van der Waals surface area contributed by atoms with Crippen LogP contribution in [0, 0.1) is 13.8 Å². The summed E-state index contributed by atoms with van der Waals surface area (Å²) in [5.41, 5.74) is 5.19. The van der Waals surface area contributed by atoms with Crippen LogP contribution in [0.3, 0.4) is 0 Å². The molecule has 172 valence electrons. The smallest absolute Gasteiger partial charge is 0.260 e. The van der Waals surface area contributed by atoms with Crippen LogP contribution in [-0.2, 0) is 14.8 Å². The number of aryl methyl sites for hydroxylation is 2. The van der Waals surface area contributed by atoms with E-state index in [1.807, 2.05) is 13.0 Å². The van der Waals surface area contributed by atoms with Crippen LogP contribution < -0.4 is 19.2 Å². The number of benzene rings is 2. The summed E-state index contributed by atoms with van der Waals surface area (Å²) in [6, 6.07) is 8.77. The van der Waals surface area contributed by atoms with E-state index in [4.69, 9.17) is 9.47 Å². The number of halogens is 1. The Labute approximate surface area is 197 Å². The summed E-state index contributed by atoms with van der Waals surface area (Å²) in [6.45, 7) is 7.24. The largest absolute Gasteiger partial charge is 0.493 e. The number of nitrogens with zero attached hydrogens (tertiary/aromatic N) is 2. The summed E-state index contributed by atoms with van der Waals surface area (Å²) in [5, 5.41) is 3.94. The van der Waals surface area contributed by atoms with E-state index in [0.29, 0.717) is 33.8 Å². The van der Waals surface area contributed by atoms with E-state index in [1.165, 1.54) is 13.3 Å². The maximum absolute atomic E-state index is 12.4. The van der Waals surface area contributed by atoms with Crippen LogP contribution in [0.4, 0.5) is 5.69 Å². The van der Waals surface area contributed by atoms with Crippen LogP contribution in [-0.4, -0.2) is 47.1 Å². The number of hydrazone groups is 1. The Morgan fingerprint density at radius 3 is 2.59 bits per heavy atom. The van der Waals surface area contributed by atoms with E-state index in [0.717, 1.165) is 21.7 Å². The lowest BCUT2D eigenvalue weighted by atomic mass is 10.1. The lowest BCUT2D eigenvalue weighted by Crippen LogP contribution is -2.39. The monoisotopic (exact) mass is 523 g/mol. The van der Waals surface area contributed by atoms with Crippen molar-refractivity contribution in [3.63, 3.8) is 0 Å². The van der Waals surface area contributed by atoms with Gasteiger partial charge in [-0.05, 0) is 59.1 Å². The summed E-state index contributed by atoms with van der Waals surface area (Å²) in [7, 11) is -2.16. The van der Waals surface area contributed by atoms with Crippen LogP contribution in [0.15, 0.2) is 52.6 Å². The molecule has 8 nitrogen and oxygen atoms in total. The Morgan fingerprint density at radius 2 is 2.00 bits per heavy atom. The molecule has 2 rings (SSSR count). The van der Waals surface area contributed by atoms with Gasteiger partial charge in [0, 0.05) is 0 Å². The molecule has 32 heavy (non-hydrogen) atoms. The number of rotatable bonds is 10. The van der Waals surface area contributed by atoms with Gasteiger partial charge >= 0.3 is 0 Å². The Morgan fingerprint density at radius 1 is 1.28 bits per heavy atom. The summed E-state index contributed by atoms with van der Waals surface area (Å²) in [6.07, 6.45) is 4.10. The highest BCUT2D eigenvalue weighted by Gasteiger charge is 2.22. The topological polar surface area (TPSA) is 97.3 Å². The quantitative estimate of drug-likeness (QED) is 0.291. The fourth-order valence-corrected chi connectivity index (χ4v) is 4.40. The third-order valence-corrected chi connectivity index (χ3v) is 6.02. The van der Waals surface area contributed by atoms with Crippen LogP contribution in [0.1, 0.15) is 16.7 Å². The van der Waals surface area contributed by atoms with Gasteiger partial charge in [-0.15, -0.1) is 0 Å². The first kappa shape index (κ1) is 25.4. The zero-order valence-electron chi connectivity index (χ0n) is 18.4. The molecule has 0 bridgehead atoms. The Bertz CT molecular complexity index is 1130. The van der Waals surface area contributed by atoms with Crippen molar-refractivity contribution in [3.8, 4) is 11.5 Å². The Balaban J connectivity index is 2.15. The molecule has 0 spiro atoms. The van der Waals surface area contributed by atoms with Crippen LogP contribution in [0.2, 0.25) is 0 Å². The Hall–Kier alpha value is -2.85. The van der Waals surface area contributed by atoms with Crippen LogP contribution >= 0.6 is 15.9 Å². The standard InChI is InChI=1S/C22H26BrN3O5S/c1-6-9-31-22-18(23)11-17(12-20(22)30-4)13-24-25-21(27)14-26(32(5,28)29)19-8-7-15(2)10-16(19)3/h6-8,10-13H,1,9,14H2,2-5H3,(H,25,27)/b24-13+. The van der Waals surface area contributed by atoms with E-state index in [9.17, 15) is 13.2 Å². The van der Waals surface area contributed by atoms with E-state index in [1.54, 1.807) is 37.3 Å². The van der Waals surface area contributed by atoms with E-state index < -0.39 is 22.5 Å². The average molecular weight is 524 g/mol. The molecule has 10 heteroatoms. The summed E-state index contributed by atoms with van der Waals surface area (Å²) >= 11 is 3.42. The van der Waals surface area contributed by atoms with Gasteiger partial charge in [0.15, 0.2) is 11.5 Å². The van der Waals surface area contributed by atoms with Gasteiger partial charge in [0.1, 0.15) is 13.2 Å². The fourth-order valence-electron chi connectivity index (χ4n) is 2.91. The molecule has 1 N–H and O–H groups in total. The highest BCUT2D eigenvalue weighted by atomic mass is 79.9. The second kappa shape index (κ2) is 11.1. The average Bonchev–Trinajstić information content (AvgIpc) is 2.70. The molecule has 1 amide bonds. The summed E-state index contributed by atoms with van der Waals surface area (Å²) in [4.78, 5) is 12.4. The van der Waals surface area contributed by atoms with Gasteiger partial charge in [0.25, 0.3) is 5.91 Å². The number of nitrogens with one attached hydrogen (secondary N) is 1. The molecular weight excluding hydrogens is 498 g/mol. The highest BCUT2D eigenvalue weighted by Crippen LogP contribution is 2.36. The number of carbonyl (C=O) groups excluding carboxylic acids is 1. The van der Waals surface area contributed by atoms with Crippen molar-refractivity contribution >= 4 is 43.8 Å². The summed E-state index contributed by atoms with van der Waals surface area (Å²) in [5.74, 6) is 0.418. The molecule has 2 aromatic rings. The molecule has 0 aliphatic carbocycles. The molecule has 0 radical (unpaired) electrons. The predicted molar refractivity (Wildman–Crippen MR) is 130 cm³/mol. The zero-order valence-corrected chi connectivity index (χ0v) is 20.8. The second-order valence-corrected chi connectivity index (χ2v) is 9.75. The summed E-state index contributed by atoms with van der Waals surface area (Å²) < 4.78 is 37.2. The maximum Gasteiger partial charge on any atom is 0.260 e. The van der Waals surface area contributed by atoms with Gasteiger partial charge in [0.2, 0.25) is 10.0 Å². The van der Waals surface area contributed by atoms with Gasteiger partial charge in [-0.25, -0.2) is 13.8 Å². The Kier molecular flexibility index (Phi) is 8.85. The normalized spacial score (nSPS) is 11.3. The van der Waals surface area contributed by atoms with E-state index in [2.05, 4.69) is 33.0 Å². The number of sulfonamides is 1. The van der Waals surface area contributed by atoms with Crippen molar-refractivity contribution in [2.45, 2.75) is 13.8 Å². The number of carbonyl (C=O) groups is 1. The first-order valence-corrected chi connectivity index (χ1v) is 12.2. The van der Waals surface area contributed by atoms with Gasteiger partial charge in [0.05, 0.1) is 29.7 Å². The van der Waals surface area contributed by atoms with Crippen molar-refractivity contribution in [1.82, 2.24) is 5.43 Å². The number of amides is 1. The molecule has 0 aromatic heterocycles. The zero-order chi connectivity index (χ0) is 23.9. The molecule has 2 aromatic carbocycles. The molecule has 0 aliphatic heterocycles. The molecular formula is C22H26BrN3O5S. The molecule has 0 atom stereocenters. The van der Waals surface area contributed by atoms with Crippen molar-refractivity contribution in [2.24, 2.45) is 5.10 Å². The molecule has 0 aliphatic rings. The van der Waals surface area contributed by atoms with Crippen LogP contribution in [0.25, 0.3) is 0 Å². The molecule has 0 saturated carbocycles. The molecule has 0 heterocycles. The van der Waals surface area contributed by atoms with Gasteiger partial charge in [-0.1, -0.05) is 30.4 Å². The van der Waals surface area contributed by atoms with Gasteiger partial charge in [-0.2, -0.15) is 5.10 Å². The maximum atomic E-state index is 12.4. The third kappa shape index (κ3) is 6.83. The highest BCUT2D eigenvalue weighted by molar-refractivity contribution is 9.10. The van der Waals surface area contributed by atoms with Crippen LogP contribution in [0.5, 0.6) is 11.5 Å². The number of hydrogen-bond acceptors (Lipinski definition) is 6. The second-order valence-electron chi connectivity index (χ2n) is 6.99. The van der Waals surface area contributed by atoms with Gasteiger partial charge < -0.3 is 9.47 Å². The molecule has 0 unspecified atom stereocenters. The lowest BCUT2D eigenvalue weighted by molar-refractivity contribution is -0.119. The number of methoxy groups -OCH3 is 1. The number of anilines is 1. The third-order valence-electron chi connectivity index (χ3n) is 4.31. The minimum Gasteiger partial charge on any atom is -0.493 e. The minimum atomic E-state index is -3.68. The van der Waals surface area contributed by atoms with Crippen molar-refractivity contribution in [1.29, 1.82) is 0 Å². The number of ether oxygens (including phenoxy) is 2. The molecule has 0 saturated heterocycles. The van der Waals surface area contributed by atoms with Crippen molar-refractivity contribution < 1.29 is 22.7 Å². The van der Waals surface area contributed by atoms with Crippen molar-refractivity contribution in [3.05, 3.63) is 64.1 Å². The first-order valence-electron chi connectivity index (χ1n) is 9.55. The number of hydrogen-bond donors (Lipinski definition) is 1. The SMILES string of the molecule is C=CCOc1c(Br)cc(/C=N/NC(=O)CN(c2ccc(C)cc2C)S(C)(=O)=O)cc1OC. The first-order chi connectivity index (χ1) is 15.1. The fraction of sp³-hybridized carbons (Fsp3) is 0.273. The van der Waals surface area contributed by atoms with Crippen molar-refractivity contribution in [2.75, 3.05) is 30.8 Å². The van der Waals surface area contributed by atoms with E-state index in [-0.39, 0.29) is 0 Å². The van der Waals surface area contributed by atoms with Gasteiger partial charge in [-0.3, -0.25) is 9.10 Å². The predicted octanol–water partition coefficient (Wildman–Crippen LogP) is 3.56. The van der Waals surface area contributed by atoms with E-state index >= 15 is 0 Å². The minimum absolute atomic E-state index is 0.315. The molecule has 0 fully saturated rings. The lowest BCUT2D eigenvalue weighted by Gasteiger charge is -2.23.